The Hall–Kier alpha value is -1.73. The molecule has 0 aromatic heterocycles. The van der Waals surface area contributed by atoms with E-state index in [1.54, 1.807) is 12.1 Å². The van der Waals surface area contributed by atoms with Gasteiger partial charge in [-0.3, -0.25) is 0 Å². The van der Waals surface area contributed by atoms with Crippen LogP contribution in [0.5, 0.6) is 5.75 Å². The van der Waals surface area contributed by atoms with Crippen LogP contribution in [-0.2, 0) is 0 Å². The second-order valence-corrected chi connectivity index (χ2v) is 4.48. The Kier molecular flexibility index (Phi) is 3.50. The molecule has 1 saturated heterocycles. The van der Waals surface area contributed by atoms with E-state index in [4.69, 9.17) is 15.7 Å². The van der Waals surface area contributed by atoms with Crippen LogP contribution in [0.15, 0.2) is 18.2 Å². The number of nitriles is 1. The molecule has 4 nitrogen and oxygen atoms in total. The zero-order valence-corrected chi connectivity index (χ0v) is 10.0. The second kappa shape index (κ2) is 5.07. The Morgan fingerprint density at radius 2 is 2.12 bits per heavy atom. The van der Waals surface area contributed by atoms with E-state index >= 15 is 0 Å². The van der Waals surface area contributed by atoms with Gasteiger partial charge in [-0.15, -0.1) is 0 Å². The molecule has 1 aromatic carbocycles. The van der Waals surface area contributed by atoms with Crippen LogP contribution in [-0.4, -0.2) is 31.1 Å². The summed E-state index contributed by atoms with van der Waals surface area (Å²) in [6, 6.07) is 7.30. The third-order valence-electron chi connectivity index (χ3n) is 3.11. The molecule has 1 fully saturated rings. The summed E-state index contributed by atoms with van der Waals surface area (Å²) >= 11 is 0. The van der Waals surface area contributed by atoms with Crippen molar-refractivity contribution >= 4 is 5.69 Å². The maximum Gasteiger partial charge on any atom is 0.121 e. The molecule has 1 aromatic rings. The molecule has 1 aliphatic rings. The molecule has 17 heavy (non-hydrogen) atoms. The van der Waals surface area contributed by atoms with Gasteiger partial charge in [-0.25, -0.2) is 0 Å². The minimum absolute atomic E-state index is 0.263. The fraction of sp³-hybridized carbons (Fsp3) is 0.462. The van der Waals surface area contributed by atoms with Crippen molar-refractivity contribution in [2.45, 2.75) is 18.9 Å². The van der Waals surface area contributed by atoms with Crippen molar-refractivity contribution in [3.63, 3.8) is 0 Å². The largest absolute Gasteiger partial charge is 0.490 e. The molecule has 1 aliphatic heterocycles. The zero-order valence-electron chi connectivity index (χ0n) is 10.0. The predicted molar refractivity (Wildman–Crippen MR) is 66.7 cm³/mol. The van der Waals surface area contributed by atoms with Gasteiger partial charge in [0.15, 0.2) is 0 Å². The molecule has 2 N–H and O–H groups in total. The average molecular weight is 231 g/mol. The van der Waals surface area contributed by atoms with Crippen molar-refractivity contribution < 1.29 is 4.74 Å². The van der Waals surface area contributed by atoms with Gasteiger partial charge in [-0.2, -0.15) is 5.26 Å². The number of benzene rings is 1. The minimum Gasteiger partial charge on any atom is -0.490 e. The molecule has 0 spiro atoms. The lowest BCUT2D eigenvalue weighted by Gasteiger charge is -2.29. The van der Waals surface area contributed by atoms with Gasteiger partial charge in [0.2, 0.25) is 0 Å². The Balaban J connectivity index is 2.00. The van der Waals surface area contributed by atoms with Gasteiger partial charge in [0.1, 0.15) is 17.9 Å². The number of hydrogen-bond donors (Lipinski definition) is 1. The average Bonchev–Trinajstić information content (AvgIpc) is 2.32. The van der Waals surface area contributed by atoms with E-state index in [2.05, 4.69) is 11.9 Å². The van der Waals surface area contributed by atoms with Crippen LogP contribution in [0.2, 0.25) is 0 Å². The molecule has 0 bridgehead atoms. The first-order chi connectivity index (χ1) is 8.19. The first kappa shape index (κ1) is 11.7. The highest BCUT2D eigenvalue weighted by atomic mass is 16.5. The van der Waals surface area contributed by atoms with E-state index in [1.165, 1.54) is 0 Å². The van der Waals surface area contributed by atoms with Crippen LogP contribution < -0.4 is 10.5 Å². The Morgan fingerprint density at radius 1 is 1.41 bits per heavy atom. The van der Waals surface area contributed by atoms with Gasteiger partial charge in [0.25, 0.3) is 0 Å². The summed E-state index contributed by atoms with van der Waals surface area (Å²) < 4.78 is 5.87. The van der Waals surface area contributed by atoms with Gasteiger partial charge < -0.3 is 15.4 Å². The summed E-state index contributed by atoms with van der Waals surface area (Å²) in [5, 5.41) is 8.78. The fourth-order valence-corrected chi connectivity index (χ4v) is 2.01. The quantitative estimate of drug-likeness (QED) is 0.785. The van der Waals surface area contributed by atoms with Crippen molar-refractivity contribution in [3.8, 4) is 11.8 Å². The number of piperidine rings is 1. The van der Waals surface area contributed by atoms with Crippen LogP contribution in [0, 0.1) is 11.3 Å². The molecule has 0 aliphatic carbocycles. The third kappa shape index (κ3) is 2.89. The van der Waals surface area contributed by atoms with Crippen molar-refractivity contribution in [2.24, 2.45) is 0 Å². The van der Waals surface area contributed by atoms with Gasteiger partial charge in [0, 0.05) is 19.2 Å². The minimum atomic E-state index is 0.263. The standard InChI is InChI=1S/C13H17N3O/c1-16-6-4-11(5-7-16)17-12-3-2-10(9-14)13(15)8-12/h2-3,8,11H,4-7,15H2,1H3. The maximum absolute atomic E-state index is 8.78. The van der Waals surface area contributed by atoms with Gasteiger partial charge in [0.05, 0.1) is 11.3 Å². The number of likely N-dealkylation sites (tertiary alicyclic amines) is 1. The fourth-order valence-electron chi connectivity index (χ4n) is 2.01. The van der Waals surface area contributed by atoms with Crippen molar-refractivity contribution in [2.75, 3.05) is 25.9 Å². The lowest BCUT2D eigenvalue weighted by atomic mass is 10.1. The van der Waals surface area contributed by atoms with E-state index in [0.29, 0.717) is 11.3 Å². The Morgan fingerprint density at radius 3 is 2.71 bits per heavy atom. The number of nitrogens with two attached hydrogens (primary N) is 1. The molecule has 0 saturated carbocycles. The molecule has 0 unspecified atom stereocenters. The van der Waals surface area contributed by atoms with E-state index in [9.17, 15) is 0 Å². The summed E-state index contributed by atoms with van der Waals surface area (Å²) in [7, 11) is 2.12. The lowest BCUT2D eigenvalue weighted by Crippen LogP contribution is -2.35. The smallest absolute Gasteiger partial charge is 0.121 e. The molecule has 4 heteroatoms. The SMILES string of the molecule is CN1CCC(Oc2ccc(C#N)c(N)c2)CC1. The normalized spacial score (nSPS) is 17.6. The molecule has 0 radical (unpaired) electrons. The topological polar surface area (TPSA) is 62.3 Å². The van der Waals surface area contributed by atoms with Gasteiger partial charge >= 0.3 is 0 Å². The number of anilines is 1. The van der Waals surface area contributed by atoms with E-state index in [0.717, 1.165) is 31.7 Å². The zero-order chi connectivity index (χ0) is 12.3. The van der Waals surface area contributed by atoms with Gasteiger partial charge in [-0.05, 0) is 32.0 Å². The van der Waals surface area contributed by atoms with Gasteiger partial charge in [-0.1, -0.05) is 0 Å². The number of rotatable bonds is 2. The molecule has 1 heterocycles. The summed E-state index contributed by atoms with van der Waals surface area (Å²) in [5.74, 6) is 0.760. The van der Waals surface area contributed by atoms with E-state index in [-0.39, 0.29) is 6.10 Å². The Labute approximate surface area is 102 Å². The molecular formula is C13H17N3O. The second-order valence-electron chi connectivity index (χ2n) is 4.48. The lowest BCUT2D eigenvalue weighted by molar-refractivity contribution is 0.114. The number of hydrogen-bond acceptors (Lipinski definition) is 4. The first-order valence-corrected chi connectivity index (χ1v) is 5.84. The number of nitrogens with zero attached hydrogens (tertiary/aromatic N) is 2. The highest BCUT2D eigenvalue weighted by molar-refractivity contribution is 5.57. The van der Waals surface area contributed by atoms with Crippen LogP contribution in [0.25, 0.3) is 0 Å². The highest BCUT2D eigenvalue weighted by Gasteiger charge is 2.18. The predicted octanol–water partition coefficient (Wildman–Crippen LogP) is 1.61. The Bertz CT molecular complexity index is 431. The number of nitrogen functional groups attached to an aromatic ring is 1. The van der Waals surface area contributed by atoms with Crippen molar-refractivity contribution in [1.29, 1.82) is 5.26 Å². The van der Waals surface area contributed by atoms with Crippen molar-refractivity contribution in [1.82, 2.24) is 4.90 Å². The van der Waals surface area contributed by atoms with Crippen LogP contribution in [0.4, 0.5) is 5.69 Å². The summed E-state index contributed by atoms with van der Waals surface area (Å²) in [6.45, 7) is 2.13. The monoisotopic (exact) mass is 231 g/mol. The summed E-state index contributed by atoms with van der Waals surface area (Å²) in [6.07, 6.45) is 2.34. The first-order valence-electron chi connectivity index (χ1n) is 5.84. The van der Waals surface area contributed by atoms with Crippen LogP contribution in [0.3, 0.4) is 0 Å². The van der Waals surface area contributed by atoms with E-state index < -0.39 is 0 Å². The number of ether oxygens (including phenoxy) is 1. The third-order valence-corrected chi connectivity index (χ3v) is 3.11. The molecule has 0 atom stereocenters. The molecular weight excluding hydrogens is 214 g/mol. The van der Waals surface area contributed by atoms with Crippen molar-refractivity contribution in [3.05, 3.63) is 23.8 Å². The van der Waals surface area contributed by atoms with E-state index in [1.807, 2.05) is 12.1 Å². The molecule has 0 amide bonds. The summed E-state index contributed by atoms with van der Waals surface area (Å²) in [4.78, 5) is 2.30. The van der Waals surface area contributed by atoms with Crippen LogP contribution >= 0.6 is 0 Å². The molecule has 90 valence electrons. The van der Waals surface area contributed by atoms with Crippen LogP contribution in [0.1, 0.15) is 18.4 Å². The molecule has 2 rings (SSSR count). The summed E-state index contributed by atoms with van der Waals surface area (Å²) in [5.41, 5.74) is 6.73. The maximum atomic E-state index is 8.78. The highest BCUT2D eigenvalue weighted by Crippen LogP contribution is 2.22.